The van der Waals surface area contributed by atoms with E-state index in [0.29, 0.717) is 11.8 Å². The van der Waals surface area contributed by atoms with Crippen LogP contribution in [0.5, 0.6) is 0 Å². The Morgan fingerprint density at radius 2 is 2.16 bits per heavy atom. The quantitative estimate of drug-likeness (QED) is 0.523. The monoisotopic (exact) mass is 350 g/mol. The van der Waals surface area contributed by atoms with E-state index in [0.717, 1.165) is 40.1 Å². The van der Waals surface area contributed by atoms with E-state index in [2.05, 4.69) is 34.8 Å². The first-order valence-electron chi connectivity index (χ1n) is 8.00. The number of pyridine rings is 1. The summed E-state index contributed by atoms with van der Waals surface area (Å²) >= 11 is 1.54. The number of aromatic nitrogens is 8. The van der Waals surface area contributed by atoms with Gasteiger partial charge in [0.2, 0.25) is 0 Å². The van der Waals surface area contributed by atoms with Crippen molar-refractivity contribution in [2.45, 2.75) is 36.0 Å². The summed E-state index contributed by atoms with van der Waals surface area (Å²) in [6.07, 6.45) is 7.39. The molecule has 1 aliphatic rings. The van der Waals surface area contributed by atoms with Crippen LogP contribution >= 0.6 is 11.8 Å². The van der Waals surface area contributed by atoms with E-state index in [9.17, 15) is 0 Å². The van der Waals surface area contributed by atoms with Crippen molar-refractivity contribution in [2.75, 3.05) is 0 Å². The molecule has 0 unspecified atom stereocenters. The topological polar surface area (TPSA) is 86.7 Å². The minimum absolute atomic E-state index is 0.446. The third-order valence-electron chi connectivity index (χ3n) is 4.04. The van der Waals surface area contributed by atoms with Gasteiger partial charge in [-0.1, -0.05) is 0 Å². The molecular weight excluding hydrogens is 336 g/mol. The first-order valence-corrected chi connectivity index (χ1v) is 8.82. The Kier molecular flexibility index (Phi) is 3.27. The molecule has 0 radical (unpaired) electrons. The summed E-state index contributed by atoms with van der Waals surface area (Å²) in [7, 11) is 0. The van der Waals surface area contributed by atoms with Crippen LogP contribution in [-0.2, 0) is 0 Å². The van der Waals surface area contributed by atoms with E-state index in [1.165, 1.54) is 18.1 Å². The molecule has 0 N–H and O–H groups in total. The minimum Gasteiger partial charge on any atom is -0.299 e. The number of aryl methyl sites for hydroxylation is 1. The third-order valence-corrected chi connectivity index (χ3v) is 5.00. The molecule has 25 heavy (non-hydrogen) atoms. The predicted octanol–water partition coefficient (Wildman–Crippen LogP) is 2.57. The van der Waals surface area contributed by atoms with Crippen molar-refractivity contribution in [1.29, 1.82) is 0 Å². The molecule has 4 heterocycles. The van der Waals surface area contributed by atoms with Crippen LogP contribution in [0.15, 0.2) is 47.1 Å². The highest BCUT2D eigenvalue weighted by Gasteiger charge is 2.30. The van der Waals surface area contributed by atoms with Crippen molar-refractivity contribution in [3.8, 4) is 11.4 Å². The van der Waals surface area contributed by atoms with Gasteiger partial charge in [-0.05, 0) is 49.7 Å². The summed E-state index contributed by atoms with van der Waals surface area (Å²) in [5.74, 6) is 1.45. The lowest BCUT2D eigenvalue weighted by molar-refractivity contribution is 0.667. The molecule has 9 heteroatoms. The molecule has 5 rings (SSSR count). The lowest BCUT2D eigenvalue weighted by atomic mass is 10.3. The van der Waals surface area contributed by atoms with Gasteiger partial charge in [-0.15, -0.1) is 10.2 Å². The molecule has 1 fully saturated rings. The van der Waals surface area contributed by atoms with Gasteiger partial charge in [0.15, 0.2) is 11.0 Å². The maximum Gasteiger partial charge on any atom is 0.253 e. The van der Waals surface area contributed by atoms with E-state index in [4.69, 9.17) is 0 Å². The Bertz CT molecular complexity index is 1050. The second-order valence-corrected chi connectivity index (χ2v) is 6.95. The van der Waals surface area contributed by atoms with Crippen LogP contribution in [0.1, 0.15) is 24.6 Å². The lowest BCUT2D eigenvalue weighted by Crippen LogP contribution is -2.02. The van der Waals surface area contributed by atoms with Crippen LogP contribution in [0, 0.1) is 6.92 Å². The van der Waals surface area contributed by atoms with Gasteiger partial charge in [0.05, 0.1) is 0 Å². The van der Waals surface area contributed by atoms with Crippen molar-refractivity contribution >= 4 is 17.5 Å². The fourth-order valence-electron chi connectivity index (χ4n) is 2.76. The highest BCUT2D eigenvalue weighted by Crippen LogP contribution is 2.42. The number of hydrogen-bond acceptors (Lipinski definition) is 7. The second kappa shape index (κ2) is 5.62. The molecule has 0 spiro atoms. The zero-order chi connectivity index (χ0) is 16.8. The molecule has 0 atom stereocenters. The van der Waals surface area contributed by atoms with Crippen LogP contribution in [0.4, 0.5) is 0 Å². The third kappa shape index (κ3) is 2.56. The van der Waals surface area contributed by atoms with Crippen molar-refractivity contribution in [3.63, 3.8) is 0 Å². The van der Waals surface area contributed by atoms with Crippen molar-refractivity contribution in [3.05, 3.63) is 42.6 Å². The van der Waals surface area contributed by atoms with Gasteiger partial charge in [0.1, 0.15) is 11.4 Å². The van der Waals surface area contributed by atoms with Gasteiger partial charge in [0, 0.05) is 29.7 Å². The fraction of sp³-hybridized carbons (Fsp3) is 0.250. The Hall–Kier alpha value is -2.81. The Balaban J connectivity index is 1.60. The lowest BCUT2D eigenvalue weighted by Gasteiger charge is -2.09. The van der Waals surface area contributed by atoms with Crippen molar-refractivity contribution < 1.29 is 0 Å². The van der Waals surface area contributed by atoms with Crippen molar-refractivity contribution in [2.24, 2.45) is 0 Å². The van der Waals surface area contributed by atoms with Gasteiger partial charge in [-0.25, -0.2) is 4.98 Å². The standard InChI is InChI=1S/C16H14N8S/c1-10-7-13(24-15(20-10)18-9-19-24)25-16-22-21-14(23(16)12-4-5-12)11-3-2-6-17-8-11/h2-3,6-9,12H,4-5H2,1H3. The summed E-state index contributed by atoms with van der Waals surface area (Å²) in [5, 5.41) is 14.9. The van der Waals surface area contributed by atoms with Gasteiger partial charge < -0.3 is 0 Å². The summed E-state index contributed by atoms with van der Waals surface area (Å²) in [4.78, 5) is 12.8. The smallest absolute Gasteiger partial charge is 0.253 e. The second-order valence-electron chi connectivity index (χ2n) is 5.96. The predicted molar refractivity (Wildman–Crippen MR) is 91.2 cm³/mol. The van der Waals surface area contributed by atoms with Crippen LogP contribution < -0.4 is 0 Å². The van der Waals surface area contributed by atoms with Gasteiger partial charge in [0.25, 0.3) is 5.78 Å². The molecule has 1 saturated carbocycles. The van der Waals surface area contributed by atoms with Crippen molar-refractivity contribution in [1.82, 2.24) is 39.3 Å². The van der Waals surface area contributed by atoms with E-state index in [1.54, 1.807) is 10.7 Å². The Labute approximate surface area is 147 Å². The SMILES string of the molecule is Cc1cc(Sc2nnc(-c3cccnc3)n2C2CC2)n2ncnc2n1. The molecule has 0 aromatic carbocycles. The maximum atomic E-state index is 4.44. The number of nitrogens with zero attached hydrogens (tertiary/aromatic N) is 8. The zero-order valence-electron chi connectivity index (χ0n) is 13.4. The van der Waals surface area contributed by atoms with E-state index >= 15 is 0 Å². The molecule has 124 valence electrons. The molecule has 4 aromatic rings. The summed E-state index contributed by atoms with van der Waals surface area (Å²) < 4.78 is 3.94. The van der Waals surface area contributed by atoms with Crippen LogP contribution in [0.2, 0.25) is 0 Å². The summed E-state index contributed by atoms with van der Waals surface area (Å²) in [5.41, 5.74) is 1.87. The normalized spacial score (nSPS) is 14.3. The van der Waals surface area contributed by atoms with Gasteiger partial charge in [-0.2, -0.15) is 14.6 Å². The van der Waals surface area contributed by atoms with Gasteiger partial charge >= 0.3 is 0 Å². The molecule has 0 saturated heterocycles. The highest BCUT2D eigenvalue weighted by molar-refractivity contribution is 7.99. The van der Waals surface area contributed by atoms with Crippen LogP contribution in [-0.4, -0.2) is 39.3 Å². The molecule has 8 nitrogen and oxygen atoms in total. The largest absolute Gasteiger partial charge is 0.299 e. The minimum atomic E-state index is 0.446. The Morgan fingerprint density at radius 3 is 2.96 bits per heavy atom. The first kappa shape index (κ1) is 14.5. The average molecular weight is 350 g/mol. The highest BCUT2D eigenvalue weighted by atomic mass is 32.2. The molecular formula is C16H14N8S. The maximum absolute atomic E-state index is 4.44. The fourth-order valence-corrected chi connectivity index (χ4v) is 3.81. The first-order chi connectivity index (χ1) is 12.3. The molecule has 0 aliphatic heterocycles. The van der Waals surface area contributed by atoms with Gasteiger partial charge in [-0.3, -0.25) is 9.55 Å². The summed E-state index contributed by atoms with van der Waals surface area (Å²) in [6.45, 7) is 1.95. The van der Waals surface area contributed by atoms with E-state index in [-0.39, 0.29) is 0 Å². The number of rotatable bonds is 4. The van der Waals surface area contributed by atoms with Crippen LogP contribution in [0.3, 0.4) is 0 Å². The molecule has 0 amide bonds. The molecule has 1 aliphatic carbocycles. The molecule has 0 bridgehead atoms. The zero-order valence-corrected chi connectivity index (χ0v) is 14.3. The number of hydrogen-bond donors (Lipinski definition) is 0. The Morgan fingerprint density at radius 1 is 1.24 bits per heavy atom. The molecule has 4 aromatic heterocycles. The average Bonchev–Trinajstić information content (AvgIpc) is 3.20. The van der Waals surface area contributed by atoms with E-state index < -0.39 is 0 Å². The number of fused-ring (bicyclic) bond motifs is 1. The summed E-state index contributed by atoms with van der Waals surface area (Å²) in [6, 6.07) is 6.36. The van der Waals surface area contributed by atoms with E-state index in [1.807, 2.05) is 31.3 Å². The van der Waals surface area contributed by atoms with Crippen LogP contribution in [0.25, 0.3) is 17.2 Å².